The van der Waals surface area contributed by atoms with E-state index in [1.54, 1.807) is 6.92 Å². The van der Waals surface area contributed by atoms with Gasteiger partial charge < -0.3 is 14.9 Å². The van der Waals surface area contributed by atoms with Crippen LogP contribution in [0.1, 0.15) is 58.3 Å². The molecule has 0 rings (SSSR count). The first-order chi connectivity index (χ1) is 10.4. The highest BCUT2D eigenvalue weighted by Gasteiger charge is 2.24. The normalized spacial score (nSPS) is 10.5. The molecule has 6 heteroatoms. The lowest BCUT2D eigenvalue weighted by molar-refractivity contribution is -0.154. The first-order valence-corrected chi connectivity index (χ1v) is 7.64. The fourth-order valence-electron chi connectivity index (χ4n) is 1.98. The van der Waals surface area contributed by atoms with Gasteiger partial charge in [-0.2, -0.15) is 0 Å². The van der Waals surface area contributed by atoms with Crippen LogP contribution < -0.4 is 0 Å². The van der Waals surface area contributed by atoms with Crippen LogP contribution in [0.3, 0.4) is 0 Å². The van der Waals surface area contributed by atoms with Gasteiger partial charge in [-0.25, -0.2) is 4.79 Å². The van der Waals surface area contributed by atoms with Gasteiger partial charge in [0.2, 0.25) is 0 Å². The molecule has 6 nitrogen and oxygen atoms in total. The average Bonchev–Trinajstić information content (AvgIpc) is 2.43. The molecule has 0 saturated carbocycles. The van der Waals surface area contributed by atoms with Gasteiger partial charge in [0.1, 0.15) is 0 Å². The Morgan fingerprint density at radius 1 is 0.909 bits per heavy atom. The Balaban J connectivity index is 3.44. The molecule has 0 radical (unpaired) electrons. The second kappa shape index (κ2) is 11.8. The number of carbonyl (C=O) groups excluding carboxylic acids is 1. The van der Waals surface area contributed by atoms with Gasteiger partial charge in [-0.05, 0) is 19.8 Å². The molecule has 0 atom stereocenters. The Bertz CT molecular complexity index is 374. The number of carbonyl (C=O) groups is 3. The number of rotatable bonds is 13. The molecule has 0 aliphatic carbocycles. The number of carboxylic acid groups (broad SMARTS) is 2. The van der Waals surface area contributed by atoms with Crippen LogP contribution in [-0.2, 0) is 19.1 Å². The summed E-state index contributed by atoms with van der Waals surface area (Å²) in [6.07, 6.45) is 6.40. The highest BCUT2D eigenvalue weighted by Crippen LogP contribution is 2.13. The summed E-state index contributed by atoms with van der Waals surface area (Å²) in [7, 11) is 0. The van der Waals surface area contributed by atoms with Crippen molar-refractivity contribution < 1.29 is 29.3 Å². The molecule has 0 aliphatic rings. The fraction of sp³-hybridized carbons (Fsp3) is 0.688. The van der Waals surface area contributed by atoms with Crippen LogP contribution in [0.25, 0.3) is 0 Å². The molecule has 0 spiro atoms. The van der Waals surface area contributed by atoms with Gasteiger partial charge in [-0.3, -0.25) is 9.59 Å². The summed E-state index contributed by atoms with van der Waals surface area (Å²) in [6, 6.07) is 0. The van der Waals surface area contributed by atoms with E-state index in [0.717, 1.165) is 38.5 Å². The zero-order valence-corrected chi connectivity index (χ0v) is 13.2. The van der Waals surface area contributed by atoms with Gasteiger partial charge in [0.05, 0.1) is 6.61 Å². The van der Waals surface area contributed by atoms with Crippen LogP contribution in [0, 0.1) is 5.92 Å². The van der Waals surface area contributed by atoms with E-state index in [0.29, 0.717) is 18.6 Å². The second-order valence-corrected chi connectivity index (χ2v) is 5.41. The number of ether oxygens (including phenoxy) is 1. The first kappa shape index (κ1) is 20.1. The first-order valence-electron chi connectivity index (χ1n) is 7.64. The Kier molecular flexibility index (Phi) is 10.8. The average molecular weight is 314 g/mol. The molecule has 0 heterocycles. The zero-order chi connectivity index (χ0) is 17.0. The Labute approximate surface area is 131 Å². The molecular weight excluding hydrogens is 288 g/mol. The minimum atomic E-state index is -1.29. The highest BCUT2D eigenvalue weighted by atomic mass is 16.5. The molecule has 0 bridgehead atoms. The van der Waals surface area contributed by atoms with E-state index in [4.69, 9.17) is 14.9 Å². The third kappa shape index (κ3) is 9.96. The van der Waals surface area contributed by atoms with Crippen molar-refractivity contribution in [2.24, 2.45) is 5.92 Å². The molecule has 0 aromatic carbocycles. The summed E-state index contributed by atoms with van der Waals surface area (Å²) in [5, 5.41) is 17.4. The molecule has 126 valence electrons. The largest absolute Gasteiger partial charge is 0.481 e. The molecule has 0 aromatic rings. The summed E-state index contributed by atoms with van der Waals surface area (Å²) in [5.41, 5.74) is 0.404. The number of esters is 1. The Hall–Kier alpha value is -1.85. The van der Waals surface area contributed by atoms with E-state index in [1.807, 2.05) is 0 Å². The maximum absolute atomic E-state index is 11.1. The summed E-state index contributed by atoms with van der Waals surface area (Å²) in [6.45, 7) is 5.52. The number of carboxylic acids is 2. The lowest BCUT2D eigenvalue weighted by Crippen LogP contribution is -2.23. The SMILES string of the molecule is C=C(C)C(=O)OCCCCCCCCCC(C(=O)O)C(=O)O. The van der Waals surface area contributed by atoms with E-state index in [1.165, 1.54) is 0 Å². The summed E-state index contributed by atoms with van der Waals surface area (Å²) in [4.78, 5) is 32.4. The van der Waals surface area contributed by atoms with Gasteiger partial charge in [-0.15, -0.1) is 0 Å². The van der Waals surface area contributed by atoms with Crippen molar-refractivity contribution in [1.82, 2.24) is 0 Å². The van der Waals surface area contributed by atoms with Crippen molar-refractivity contribution in [2.45, 2.75) is 58.3 Å². The van der Waals surface area contributed by atoms with E-state index in [2.05, 4.69) is 6.58 Å². The van der Waals surface area contributed by atoms with Gasteiger partial charge in [0.15, 0.2) is 5.92 Å². The molecule has 2 N–H and O–H groups in total. The maximum atomic E-state index is 11.1. The van der Waals surface area contributed by atoms with E-state index < -0.39 is 17.9 Å². The van der Waals surface area contributed by atoms with E-state index in [-0.39, 0.29) is 12.4 Å². The summed E-state index contributed by atoms with van der Waals surface area (Å²) < 4.78 is 4.97. The fourth-order valence-corrected chi connectivity index (χ4v) is 1.98. The van der Waals surface area contributed by atoms with E-state index >= 15 is 0 Å². The second-order valence-electron chi connectivity index (χ2n) is 5.41. The smallest absolute Gasteiger partial charge is 0.333 e. The standard InChI is InChI=1S/C16H26O6/c1-12(2)16(21)22-11-9-7-5-3-4-6-8-10-13(14(17)18)15(19)20/h13H,1,3-11H2,2H3,(H,17,18)(H,19,20). The number of unbranched alkanes of at least 4 members (excludes halogenated alkanes) is 6. The van der Waals surface area contributed by atoms with Crippen LogP contribution >= 0.6 is 0 Å². The van der Waals surface area contributed by atoms with Crippen molar-refractivity contribution in [3.8, 4) is 0 Å². The third-order valence-electron chi connectivity index (χ3n) is 3.31. The van der Waals surface area contributed by atoms with Crippen LogP contribution in [0.5, 0.6) is 0 Å². The quantitative estimate of drug-likeness (QED) is 0.234. The third-order valence-corrected chi connectivity index (χ3v) is 3.31. The molecule has 22 heavy (non-hydrogen) atoms. The molecule has 0 aliphatic heterocycles. The highest BCUT2D eigenvalue weighted by molar-refractivity contribution is 5.92. The lowest BCUT2D eigenvalue weighted by Gasteiger charge is -2.07. The minimum absolute atomic E-state index is 0.182. The van der Waals surface area contributed by atoms with Gasteiger partial charge >= 0.3 is 17.9 Å². The number of hydrogen-bond donors (Lipinski definition) is 2. The maximum Gasteiger partial charge on any atom is 0.333 e. The van der Waals surface area contributed by atoms with Crippen molar-refractivity contribution >= 4 is 17.9 Å². The predicted molar refractivity (Wildman–Crippen MR) is 81.5 cm³/mol. The van der Waals surface area contributed by atoms with Crippen LogP contribution in [0.2, 0.25) is 0 Å². The van der Waals surface area contributed by atoms with Crippen LogP contribution in [0.4, 0.5) is 0 Å². The molecule has 0 aromatic heterocycles. The zero-order valence-electron chi connectivity index (χ0n) is 13.2. The summed E-state index contributed by atoms with van der Waals surface area (Å²) in [5.74, 6) is -4.18. The van der Waals surface area contributed by atoms with Crippen molar-refractivity contribution in [1.29, 1.82) is 0 Å². The van der Waals surface area contributed by atoms with Gasteiger partial charge in [-0.1, -0.05) is 45.1 Å². The molecule has 0 fully saturated rings. The topological polar surface area (TPSA) is 101 Å². The number of hydrogen-bond acceptors (Lipinski definition) is 4. The van der Waals surface area contributed by atoms with Gasteiger partial charge in [0, 0.05) is 5.57 Å². The molecule has 0 saturated heterocycles. The van der Waals surface area contributed by atoms with Crippen molar-refractivity contribution in [3.05, 3.63) is 12.2 Å². The van der Waals surface area contributed by atoms with Crippen LogP contribution in [0.15, 0.2) is 12.2 Å². The van der Waals surface area contributed by atoms with Crippen molar-refractivity contribution in [2.75, 3.05) is 6.61 Å². The van der Waals surface area contributed by atoms with E-state index in [9.17, 15) is 14.4 Å². The minimum Gasteiger partial charge on any atom is -0.481 e. The Morgan fingerprint density at radius 3 is 1.82 bits per heavy atom. The molecular formula is C16H26O6. The summed E-state index contributed by atoms with van der Waals surface area (Å²) >= 11 is 0. The van der Waals surface area contributed by atoms with Gasteiger partial charge in [0.25, 0.3) is 0 Å². The monoisotopic (exact) mass is 314 g/mol. The Morgan fingerprint density at radius 2 is 1.36 bits per heavy atom. The lowest BCUT2D eigenvalue weighted by atomic mass is 10.0. The molecule has 0 unspecified atom stereocenters. The van der Waals surface area contributed by atoms with Crippen molar-refractivity contribution in [3.63, 3.8) is 0 Å². The molecule has 0 amide bonds. The number of aliphatic carboxylic acids is 2. The van der Waals surface area contributed by atoms with Crippen LogP contribution in [-0.4, -0.2) is 34.7 Å². The predicted octanol–water partition coefficient (Wildman–Crippen LogP) is 3.01.